The minimum Gasteiger partial charge on any atom is -0.464 e. The molecular formula is C35H42N4O7. The number of nitrogens with zero attached hydrogens (tertiary/aromatic N) is 1. The molecule has 0 fully saturated rings. The molecule has 11 nitrogen and oxygen atoms in total. The number of carbonyl (C=O) groups excluding carboxylic acids is 3. The van der Waals surface area contributed by atoms with Crippen LogP contribution in [0.25, 0.3) is 10.9 Å². The summed E-state index contributed by atoms with van der Waals surface area (Å²) in [5.41, 5.74) is 2.30. The summed E-state index contributed by atoms with van der Waals surface area (Å²) in [4.78, 5) is 52.0. The zero-order valence-electron chi connectivity index (χ0n) is 27.0. The van der Waals surface area contributed by atoms with E-state index in [1.54, 1.807) is 45.9 Å². The van der Waals surface area contributed by atoms with Crippen molar-refractivity contribution in [3.63, 3.8) is 0 Å². The summed E-state index contributed by atoms with van der Waals surface area (Å²) in [6.45, 7) is 9.43. The van der Waals surface area contributed by atoms with Crippen molar-refractivity contribution in [2.24, 2.45) is 0 Å². The number of aryl methyl sites for hydroxylation is 1. The number of carbonyl (C=O) groups is 3. The van der Waals surface area contributed by atoms with Crippen LogP contribution in [-0.4, -0.2) is 57.8 Å². The first-order valence-electron chi connectivity index (χ1n) is 15.8. The summed E-state index contributed by atoms with van der Waals surface area (Å²) in [6.07, 6.45) is 4.61. The first kappa shape index (κ1) is 32.6. The summed E-state index contributed by atoms with van der Waals surface area (Å²) in [6, 6.07) is 12.1. The van der Waals surface area contributed by atoms with Gasteiger partial charge in [0.05, 0.1) is 18.2 Å². The Bertz CT molecular complexity index is 1700. The van der Waals surface area contributed by atoms with Gasteiger partial charge in [0.1, 0.15) is 17.5 Å². The maximum atomic E-state index is 14.3. The maximum Gasteiger partial charge on any atom is 0.359 e. The van der Waals surface area contributed by atoms with Gasteiger partial charge in [0.2, 0.25) is 12.7 Å². The van der Waals surface area contributed by atoms with Gasteiger partial charge in [-0.3, -0.25) is 4.79 Å². The molecule has 0 bridgehead atoms. The third-order valence-electron chi connectivity index (χ3n) is 7.70. The first-order chi connectivity index (χ1) is 22.1. The van der Waals surface area contributed by atoms with Crippen LogP contribution >= 0.6 is 0 Å². The minimum absolute atomic E-state index is 0.0787. The second-order valence-corrected chi connectivity index (χ2v) is 12.4. The molecule has 0 aliphatic carbocycles. The van der Waals surface area contributed by atoms with Crippen molar-refractivity contribution in [2.75, 3.05) is 13.4 Å². The number of aromatic amines is 2. The summed E-state index contributed by atoms with van der Waals surface area (Å²) >= 11 is 0. The predicted octanol–water partition coefficient (Wildman–Crippen LogP) is 5.53. The molecule has 0 radical (unpaired) electrons. The number of aromatic nitrogens is 3. The van der Waals surface area contributed by atoms with Gasteiger partial charge in [0, 0.05) is 36.4 Å². The zero-order valence-corrected chi connectivity index (χ0v) is 27.0. The Hall–Kier alpha value is -4.80. The highest BCUT2D eigenvalue weighted by Crippen LogP contribution is 2.36. The van der Waals surface area contributed by atoms with Crippen LogP contribution in [-0.2, 0) is 38.3 Å². The first-order valence-corrected chi connectivity index (χ1v) is 15.8. The molecule has 244 valence electrons. The van der Waals surface area contributed by atoms with Crippen molar-refractivity contribution in [3.05, 3.63) is 77.0 Å². The highest BCUT2D eigenvalue weighted by Gasteiger charge is 2.33. The van der Waals surface area contributed by atoms with E-state index in [0.717, 1.165) is 29.3 Å². The van der Waals surface area contributed by atoms with Crippen LogP contribution in [0.3, 0.4) is 0 Å². The molecule has 4 aromatic rings. The van der Waals surface area contributed by atoms with Crippen LogP contribution in [0, 0.1) is 0 Å². The third-order valence-corrected chi connectivity index (χ3v) is 7.70. The van der Waals surface area contributed by atoms with E-state index in [4.69, 9.17) is 18.9 Å². The number of fused-ring (bicyclic) bond motifs is 2. The molecule has 0 spiro atoms. The molecule has 2 aromatic carbocycles. The number of benzene rings is 2. The molecule has 11 heteroatoms. The zero-order chi connectivity index (χ0) is 32.8. The predicted molar refractivity (Wildman–Crippen MR) is 172 cm³/mol. The van der Waals surface area contributed by atoms with E-state index in [0.29, 0.717) is 35.0 Å². The normalized spacial score (nSPS) is 13.8. The minimum atomic E-state index is -0.963. The number of hydrogen-bond acceptors (Lipinski definition) is 8. The van der Waals surface area contributed by atoms with Gasteiger partial charge in [-0.1, -0.05) is 37.6 Å². The lowest BCUT2D eigenvalue weighted by Gasteiger charge is -2.23. The number of esters is 2. The third kappa shape index (κ3) is 7.70. The van der Waals surface area contributed by atoms with Gasteiger partial charge in [-0.25, -0.2) is 14.6 Å². The van der Waals surface area contributed by atoms with Gasteiger partial charge < -0.3 is 34.2 Å². The topological polar surface area (TPSA) is 145 Å². The second-order valence-electron chi connectivity index (χ2n) is 12.4. The summed E-state index contributed by atoms with van der Waals surface area (Å²) in [5.74, 6) is -0.641. The molecule has 1 unspecified atom stereocenters. The van der Waals surface area contributed by atoms with Crippen molar-refractivity contribution in [3.8, 4) is 11.5 Å². The smallest absolute Gasteiger partial charge is 0.359 e. The molecule has 0 saturated carbocycles. The molecule has 0 saturated heterocycles. The highest BCUT2D eigenvalue weighted by atomic mass is 16.7. The molecule has 1 aliphatic heterocycles. The molecule has 2 atom stereocenters. The van der Waals surface area contributed by atoms with Crippen LogP contribution < -0.4 is 14.8 Å². The van der Waals surface area contributed by atoms with Crippen molar-refractivity contribution >= 4 is 28.7 Å². The molecule has 1 amide bonds. The Morgan fingerprint density at radius 2 is 1.83 bits per heavy atom. The van der Waals surface area contributed by atoms with Gasteiger partial charge in [-0.05, 0) is 63.4 Å². The van der Waals surface area contributed by atoms with Crippen LogP contribution in [0.4, 0.5) is 0 Å². The fourth-order valence-electron chi connectivity index (χ4n) is 5.49. The molecule has 46 heavy (non-hydrogen) atoms. The fraction of sp³-hybridized carbons (Fsp3) is 0.429. The molecule has 3 N–H and O–H groups in total. The van der Waals surface area contributed by atoms with Crippen molar-refractivity contribution in [2.45, 2.75) is 84.3 Å². The molecule has 3 heterocycles. The number of hydrogen-bond donors (Lipinski definition) is 3. The standard InChI is InChI=1S/C35H42N4O7/c1-6-8-13-30-37-26(31(39-30)34(42)46-35(3,4)5)18-24(21-14-15-28-29(17-21)45-20-44-28)32(40)38-27(33(41)43-7-2)16-22-19-36-25-12-10-9-11-23(22)25/h9-12,14-15,17,19,24,27,36H,6-8,13,16,18,20H2,1-5H3,(H,37,39)(H,38,40)/t24?,27-/m0/s1. The van der Waals surface area contributed by atoms with Crippen LogP contribution in [0.1, 0.15) is 86.5 Å². The molecule has 5 rings (SSSR count). The Balaban J connectivity index is 1.50. The lowest BCUT2D eigenvalue weighted by atomic mass is 9.91. The summed E-state index contributed by atoms with van der Waals surface area (Å²) in [7, 11) is 0. The number of rotatable bonds is 13. The van der Waals surface area contributed by atoms with E-state index in [2.05, 4.69) is 27.2 Å². The van der Waals surface area contributed by atoms with Crippen molar-refractivity contribution in [1.29, 1.82) is 0 Å². The summed E-state index contributed by atoms with van der Waals surface area (Å²) < 4.78 is 22.2. The van der Waals surface area contributed by atoms with E-state index in [1.807, 2.05) is 30.5 Å². The monoisotopic (exact) mass is 630 g/mol. The Morgan fingerprint density at radius 1 is 1.04 bits per heavy atom. The van der Waals surface area contributed by atoms with Crippen LogP contribution in [0.2, 0.25) is 0 Å². The Morgan fingerprint density at radius 3 is 2.59 bits per heavy atom. The highest BCUT2D eigenvalue weighted by molar-refractivity contribution is 5.92. The molecular weight excluding hydrogens is 588 g/mol. The molecule has 1 aliphatic rings. The van der Waals surface area contributed by atoms with Crippen LogP contribution in [0.15, 0.2) is 48.7 Å². The average molecular weight is 631 g/mol. The lowest BCUT2D eigenvalue weighted by Crippen LogP contribution is -2.45. The number of para-hydroxylation sites is 1. The van der Waals surface area contributed by atoms with Gasteiger partial charge >= 0.3 is 11.9 Å². The average Bonchev–Trinajstić information content (AvgIpc) is 3.76. The number of amides is 1. The van der Waals surface area contributed by atoms with Crippen LogP contribution in [0.5, 0.6) is 11.5 Å². The number of nitrogens with one attached hydrogen (secondary N) is 3. The SMILES string of the molecule is CCCCc1nc(C(=O)OC(C)(C)C)c(CC(C(=O)N[C@@H](Cc2c[nH]c3ccccc23)C(=O)OCC)c2ccc3c(c2)OCO3)[nH]1. The Labute approximate surface area is 268 Å². The maximum absolute atomic E-state index is 14.3. The molecule has 2 aromatic heterocycles. The van der Waals surface area contributed by atoms with E-state index < -0.39 is 35.4 Å². The van der Waals surface area contributed by atoms with Gasteiger partial charge in [0.15, 0.2) is 17.2 Å². The van der Waals surface area contributed by atoms with E-state index in [-0.39, 0.29) is 31.9 Å². The Kier molecular flexibility index (Phi) is 9.99. The number of unbranched alkanes of at least 4 members (excludes halogenated alkanes) is 1. The fourth-order valence-corrected chi connectivity index (χ4v) is 5.49. The van der Waals surface area contributed by atoms with E-state index >= 15 is 0 Å². The van der Waals surface area contributed by atoms with E-state index in [1.165, 1.54) is 0 Å². The number of imidazole rings is 1. The van der Waals surface area contributed by atoms with Gasteiger partial charge in [0.25, 0.3) is 0 Å². The van der Waals surface area contributed by atoms with Gasteiger partial charge in [-0.2, -0.15) is 0 Å². The number of ether oxygens (including phenoxy) is 4. The quantitative estimate of drug-likeness (QED) is 0.164. The van der Waals surface area contributed by atoms with Crippen molar-refractivity contribution in [1.82, 2.24) is 20.3 Å². The second kappa shape index (κ2) is 14.1. The van der Waals surface area contributed by atoms with E-state index in [9.17, 15) is 14.4 Å². The summed E-state index contributed by atoms with van der Waals surface area (Å²) in [5, 5.41) is 3.93. The number of H-pyrrole nitrogens is 2. The van der Waals surface area contributed by atoms with Gasteiger partial charge in [-0.15, -0.1) is 0 Å². The van der Waals surface area contributed by atoms with Crippen molar-refractivity contribution < 1.29 is 33.3 Å². The lowest BCUT2D eigenvalue weighted by molar-refractivity contribution is -0.147. The largest absolute Gasteiger partial charge is 0.464 e.